The largest absolute Gasteiger partial charge is 0.299 e. The van der Waals surface area contributed by atoms with Crippen LogP contribution < -0.4 is 0 Å². The van der Waals surface area contributed by atoms with Crippen LogP contribution in [-0.2, 0) is 4.79 Å². The lowest BCUT2D eigenvalue weighted by Gasteiger charge is -2.44. The second-order valence-corrected chi connectivity index (χ2v) is 6.53. The maximum absolute atomic E-state index is 10.3. The molecule has 0 saturated heterocycles. The van der Waals surface area contributed by atoms with E-state index in [9.17, 15) is 4.79 Å². The average molecular weight is 246 g/mol. The minimum Gasteiger partial charge on any atom is -0.299 e. The predicted molar refractivity (Wildman–Crippen MR) is 76.3 cm³/mol. The first-order valence-electron chi connectivity index (χ1n) is 7.37. The number of rotatable bonds is 4. The Labute approximate surface area is 111 Å². The van der Waals surface area contributed by atoms with Crippen molar-refractivity contribution in [2.45, 2.75) is 52.4 Å². The first-order chi connectivity index (χ1) is 8.59. The number of aldehydes is 1. The summed E-state index contributed by atoms with van der Waals surface area (Å²) in [5, 5.41) is 0. The highest BCUT2D eigenvalue weighted by Crippen LogP contribution is 2.59. The lowest BCUT2D eigenvalue weighted by Crippen LogP contribution is -2.35. The van der Waals surface area contributed by atoms with Gasteiger partial charge in [0.1, 0.15) is 6.29 Å². The number of carbonyl (C=O) groups is 1. The molecule has 4 atom stereocenters. The third-order valence-electron chi connectivity index (χ3n) is 5.52. The highest BCUT2D eigenvalue weighted by Gasteiger charge is 2.49. The molecule has 2 fully saturated rings. The van der Waals surface area contributed by atoms with E-state index in [1.54, 1.807) is 6.08 Å². The molecular weight excluding hydrogens is 220 g/mol. The second-order valence-electron chi connectivity index (χ2n) is 6.53. The molecule has 100 valence electrons. The van der Waals surface area contributed by atoms with E-state index in [4.69, 9.17) is 0 Å². The van der Waals surface area contributed by atoms with Crippen LogP contribution in [0.4, 0.5) is 0 Å². The number of carbonyl (C=O) groups excluding carboxylic acids is 1. The summed E-state index contributed by atoms with van der Waals surface area (Å²) in [5.74, 6) is 2.24. The van der Waals surface area contributed by atoms with Gasteiger partial charge in [-0.2, -0.15) is 0 Å². The fourth-order valence-corrected chi connectivity index (χ4v) is 4.61. The van der Waals surface area contributed by atoms with E-state index in [2.05, 4.69) is 20.4 Å². The van der Waals surface area contributed by atoms with Crippen molar-refractivity contribution in [2.24, 2.45) is 23.2 Å². The number of allylic oxidation sites excluding steroid dienone is 3. The van der Waals surface area contributed by atoms with E-state index >= 15 is 0 Å². The van der Waals surface area contributed by atoms with Crippen molar-refractivity contribution in [3.63, 3.8) is 0 Å². The van der Waals surface area contributed by atoms with Gasteiger partial charge >= 0.3 is 0 Å². The molecule has 0 aromatic heterocycles. The topological polar surface area (TPSA) is 17.1 Å². The Morgan fingerprint density at radius 2 is 2.28 bits per heavy atom. The quantitative estimate of drug-likeness (QED) is 0.404. The summed E-state index contributed by atoms with van der Waals surface area (Å²) in [6.07, 6.45) is 12.2. The molecule has 0 bridgehead atoms. The normalized spacial score (nSPS) is 37.8. The molecule has 2 aliphatic carbocycles. The molecule has 0 amide bonds. The van der Waals surface area contributed by atoms with E-state index in [0.717, 1.165) is 24.5 Å². The fourth-order valence-electron chi connectivity index (χ4n) is 4.61. The molecule has 0 radical (unpaired) electrons. The molecule has 0 unspecified atom stereocenters. The number of hydrogen-bond donors (Lipinski definition) is 0. The summed E-state index contributed by atoms with van der Waals surface area (Å²) in [6.45, 7) is 9.15. The molecule has 2 saturated carbocycles. The maximum Gasteiger partial charge on any atom is 0.142 e. The van der Waals surface area contributed by atoms with Crippen molar-refractivity contribution in [1.82, 2.24) is 0 Å². The van der Waals surface area contributed by atoms with Crippen LogP contribution in [0.2, 0.25) is 0 Å². The van der Waals surface area contributed by atoms with Gasteiger partial charge in [-0.15, -0.1) is 0 Å². The van der Waals surface area contributed by atoms with Gasteiger partial charge < -0.3 is 0 Å². The zero-order valence-corrected chi connectivity index (χ0v) is 11.8. The van der Waals surface area contributed by atoms with Gasteiger partial charge in [0.25, 0.3) is 0 Å². The molecule has 0 spiro atoms. The zero-order chi connectivity index (χ0) is 13.2. The average Bonchev–Trinajstić information content (AvgIpc) is 2.68. The summed E-state index contributed by atoms with van der Waals surface area (Å²) in [4.78, 5) is 10.3. The molecule has 0 aromatic carbocycles. The standard InChI is InChI=1S/C17H26O/c1-13(7-4-5-12-18)15-9-10-16-14(2)8-6-11-17(15,16)3/h4-5,12-13,15-16H,2,6-11H2,1,3H3/b5-4+/t13-,15+,16-,17+/m0/s1. The van der Waals surface area contributed by atoms with Gasteiger partial charge in [-0.25, -0.2) is 0 Å². The van der Waals surface area contributed by atoms with Crippen LogP contribution in [0, 0.1) is 23.2 Å². The molecule has 2 aliphatic rings. The lowest BCUT2D eigenvalue weighted by atomic mass is 9.61. The molecule has 0 heterocycles. The number of hydrogen-bond acceptors (Lipinski definition) is 1. The van der Waals surface area contributed by atoms with Crippen LogP contribution in [0.3, 0.4) is 0 Å². The molecule has 0 N–H and O–H groups in total. The van der Waals surface area contributed by atoms with Crippen molar-refractivity contribution in [3.05, 3.63) is 24.3 Å². The van der Waals surface area contributed by atoms with Crippen molar-refractivity contribution in [1.29, 1.82) is 0 Å². The highest BCUT2D eigenvalue weighted by atomic mass is 16.1. The van der Waals surface area contributed by atoms with Crippen molar-refractivity contribution in [2.75, 3.05) is 0 Å². The van der Waals surface area contributed by atoms with Crippen molar-refractivity contribution < 1.29 is 4.79 Å². The summed E-state index contributed by atoms with van der Waals surface area (Å²) in [6, 6.07) is 0. The van der Waals surface area contributed by atoms with Gasteiger partial charge in [0.15, 0.2) is 0 Å². The molecule has 0 aliphatic heterocycles. The molecule has 1 nitrogen and oxygen atoms in total. The fraction of sp³-hybridized carbons (Fsp3) is 0.706. The second kappa shape index (κ2) is 5.42. The molecule has 2 rings (SSSR count). The third-order valence-corrected chi connectivity index (χ3v) is 5.52. The van der Waals surface area contributed by atoms with Gasteiger partial charge in [-0.3, -0.25) is 4.79 Å². The summed E-state index contributed by atoms with van der Waals surface area (Å²) in [7, 11) is 0. The van der Waals surface area contributed by atoms with E-state index in [1.807, 2.05) is 6.08 Å². The Morgan fingerprint density at radius 3 is 3.00 bits per heavy atom. The molecule has 18 heavy (non-hydrogen) atoms. The highest BCUT2D eigenvalue weighted by molar-refractivity contribution is 5.64. The molecule has 0 aromatic rings. The van der Waals surface area contributed by atoms with Crippen LogP contribution in [0.15, 0.2) is 24.3 Å². The molecular formula is C17H26O. The van der Waals surface area contributed by atoms with Crippen LogP contribution in [0.25, 0.3) is 0 Å². The minimum absolute atomic E-state index is 0.476. The number of fused-ring (bicyclic) bond motifs is 1. The summed E-state index contributed by atoms with van der Waals surface area (Å²) >= 11 is 0. The van der Waals surface area contributed by atoms with E-state index in [-0.39, 0.29) is 0 Å². The van der Waals surface area contributed by atoms with Crippen LogP contribution in [-0.4, -0.2) is 6.29 Å². The van der Waals surface area contributed by atoms with Crippen molar-refractivity contribution in [3.8, 4) is 0 Å². The lowest BCUT2D eigenvalue weighted by molar-refractivity contribution is -0.104. The van der Waals surface area contributed by atoms with Gasteiger partial charge in [-0.1, -0.05) is 32.1 Å². The Balaban J connectivity index is 2.07. The van der Waals surface area contributed by atoms with Crippen molar-refractivity contribution >= 4 is 6.29 Å². The van der Waals surface area contributed by atoms with Gasteiger partial charge in [0, 0.05) is 0 Å². The van der Waals surface area contributed by atoms with E-state index in [0.29, 0.717) is 11.3 Å². The van der Waals surface area contributed by atoms with Crippen LogP contribution >= 0.6 is 0 Å². The van der Waals surface area contributed by atoms with E-state index < -0.39 is 0 Å². The zero-order valence-electron chi connectivity index (χ0n) is 11.8. The first-order valence-corrected chi connectivity index (χ1v) is 7.37. The summed E-state index contributed by atoms with van der Waals surface area (Å²) in [5.41, 5.74) is 1.98. The summed E-state index contributed by atoms with van der Waals surface area (Å²) < 4.78 is 0. The maximum atomic E-state index is 10.3. The molecule has 1 heteroatoms. The Hall–Kier alpha value is -0.850. The third kappa shape index (κ3) is 2.32. The van der Waals surface area contributed by atoms with Gasteiger partial charge in [-0.05, 0) is 67.8 Å². The van der Waals surface area contributed by atoms with Crippen LogP contribution in [0.5, 0.6) is 0 Å². The monoisotopic (exact) mass is 246 g/mol. The van der Waals surface area contributed by atoms with Gasteiger partial charge in [0.05, 0.1) is 0 Å². The Kier molecular flexibility index (Phi) is 4.09. The predicted octanol–water partition coefficient (Wildman–Crippen LogP) is 4.54. The van der Waals surface area contributed by atoms with Gasteiger partial charge in [0.2, 0.25) is 0 Å². The van der Waals surface area contributed by atoms with E-state index in [1.165, 1.54) is 37.7 Å². The Bertz CT molecular complexity index is 355. The minimum atomic E-state index is 0.476. The van der Waals surface area contributed by atoms with Crippen LogP contribution in [0.1, 0.15) is 52.4 Å². The SMILES string of the molecule is C=C1CCC[C@]2(C)[C@@H]([C@@H](C)C/C=C/C=O)CC[C@@H]12. The Morgan fingerprint density at radius 1 is 1.50 bits per heavy atom. The smallest absolute Gasteiger partial charge is 0.142 e. The first kappa shape index (κ1) is 13.6.